The summed E-state index contributed by atoms with van der Waals surface area (Å²) in [5.74, 6) is 0. The maximum Gasteiger partial charge on any atom is 0.0544 e. The Morgan fingerprint density at radius 3 is 2.67 bits per heavy atom. The van der Waals surface area contributed by atoms with Gasteiger partial charge >= 0.3 is 0 Å². The Bertz CT molecular complexity index is 147. The Morgan fingerprint density at radius 1 is 1.67 bits per heavy atom. The monoisotopic (exact) mass is 126 g/mol. The zero-order valence-electron chi connectivity index (χ0n) is 5.65. The third kappa shape index (κ3) is 1.34. The van der Waals surface area contributed by atoms with Crippen LogP contribution < -0.4 is 0 Å². The molecule has 2 unspecified atom stereocenters. The minimum Gasteiger partial charge on any atom is -0.306 e. The van der Waals surface area contributed by atoms with Gasteiger partial charge in [0.05, 0.1) is 6.04 Å². The highest BCUT2D eigenvalue weighted by Crippen LogP contribution is 2.29. The first kappa shape index (κ1) is 6.39. The average molecular weight is 126 g/mol. The normalized spacial score (nSPS) is 31.9. The van der Waals surface area contributed by atoms with Crippen LogP contribution in [-0.4, -0.2) is 31.1 Å². The largest absolute Gasteiger partial charge is 0.306 e. The van der Waals surface area contributed by atoms with Crippen LogP contribution in [0.4, 0.5) is 0 Å². The van der Waals surface area contributed by atoms with Crippen molar-refractivity contribution >= 4 is 0 Å². The lowest BCUT2D eigenvalue weighted by atomic mass is 10.6. The molecular formula is C5H10N4. The van der Waals surface area contributed by atoms with Crippen LogP contribution in [0.1, 0.15) is 6.42 Å². The van der Waals surface area contributed by atoms with Gasteiger partial charge in [-0.3, -0.25) is 0 Å². The van der Waals surface area contributed by atoms with E-state index in [9.17, 15) is 0 Å². The topological polar surface area (TPSA) is 52.0 Å². The summed E-state index contributed by atoms with van der Waals surface area (Å²) in [6, 6.07) is 0.742. The molecule has 0 aromatic rings. The van der Waals surface area contributed by atoms with E-state index in [1.54, 1.807) is 0 Å². The SMILES string of the molecule is CN(C)C1CC1N=[N+]=[N-]. The lowest BCUT2D eigenvalue weighted by Crippen LogP contribution is -2.16. The summed E-state index contributed by atoms with van der Waals surface area (Å²) < 4.78 is 0. The lowest BCUT2D eigenvalue weighted by molar-refractivity contribution is 0.391. The van der Waals surface area contributed by atoms with E-state index in [4.69, 9.17) is 5.53 Å². The van der Waals surface area contributed by atoms with E-state index in [-0.39, 0.29) is 6.04 Å². The molecule has 0 aromatic heterocycles. The molecule has 4 heteroatoms. The summed E-state index contributed by atoms with van der Waals surface area (Å²) >= 11 is 0. The zero-order chi connectivity index (χ0) is 6.85. The van der Waals surface area contributed by atoms with Crippen LogP contribution in [0.2, 0.25) is 0 Å². The van der Waals surface area contributed by atoms with Crippen LogP contribution in [0.3, 0.4) is 0 Å². The summed E-state index contributed by atoms with van der Waals surface area (Å²) in [5.41, 5.74) is 8.02. The molecule has 0 spiro atoms. The molecule has 9 heavy (non-hydrogen) atoms. The second-order valence-corrected chi connectivity index (χ2v) is 2.54. The number of rotatable bonds is 2. The smallest absolute Gasteiger partial charge is 0.0544 e. The molecule has 0 aliphatic heterocycles. The summed E-state index contributed by atoms with van der Waals surface area (Å²) in [6.07, 6.45) is 1.02. The standard InChI is InChI=1S/C5H10N4/c1-9(2)5-3-4(5)7-8-6/h4-5H,3H2,1-2H3. The molecule has 1 aliphatic rings. The highest BCUT2D eigenvalue weighted by molar-refractivity contribution is 4.99. The first-order valence-corrected chi connectivity index (χ1v) is 2.96. The van der Waals surface area contributed by atoms with E-state index < -0.39 is 0 Å². The van der Waals surface area contributed by atoms with Gasteiger partial charge in [0.2, 0.25) is 0 Å². The third-order valence-electron chi connectivity index (χ3n) is 1.59. The van der Waals surface area contributed by atoms with E-state index in [2.05, 4.69) is 14.9 Å². The summed E-state index contributed by atoms with van der Waals surface area (Å²) in [5, 5.41) is 3.58. The van der Waals surface area contributed by atoms with Gasteiger partial charge in [-0.1, -0.05) is 5.11 Å². The van der Waals surface area contributed by atoms with Crippen molar-refractivity contribution in [1.82, 2.24) is 4.90 Å². The van der Waals surface area contributed by atoms with Gasteiger partial charge in [0.25, 0.3) is 0 Å². The molecule has 1 aliphatic carbocycles. The van der Waals surface area contributed by atoms with Crippen molar-refractivity contribution < 1.29 is 0 Å². The van der Waals surface area contributed by atoms with Crippen LogP contribution in [0.5, 0.6) is 0 Å². The lowest BCUT2D eigenvalue weighted by Gasteiger charge is -2.05. The van der Waals surface area contributed by atoms with Crippen LogP contribution in [0.25, 0.3) is 10.4 Å². The van der Waals surface area contributed by atoms with E-state index in [0.717, 1.165) is 6.42 Å². The maximum atomic E-state index is 8.02. The summed E-state index contributed by atoms with van der Waals surface area (Å²) in [4.78, 5) is 4.81. The molecule has 1 rings (SSSR count). The molecule has 0 N–H and O–H groups in total. The molecule has 0 amide bonds. The second-order valence-electron chi connectivity index (χ2n) is 2.54. The number of nitrogens with zero attached hydrogens (tertiary/aromatic N) is 4. The third-order valence-corrected chi connectivity index (χ3v) is 1.59. The van der Waals surface area contributed by atoms with Gasteiger partial charge in [0, 0.05) is 11.0 Å². The molecule has 0 saturated heterocycles. The van der Waals surface area contributed by atoms with Gasteiger partial charge in [0.15, 0.2) is 0 Å². The van der Waals surface area contributed by atoms with Crippen LogP contribution in [-0.2, 0) is 0 Å². The minimum atomic E-state index is 0.241. The molecular weight excluding hydrogens is 116 g/mol. The maximum absolute atomic E-state index is 8.02. The first-order valence-electron chi connectivity index (χ1n) is 2.96. The van der Waals surface area contributed by atoms with Gasteiger partial charge in [-0.25, -0.2) is 0 Å². The molecule has 0 bridgehead atoms. The highest BCUT2D eigenvalue weighted by Gasteiger charge is 2.37. The van der Waals surface area contributed by atoms with Crippen LogP contribution in [0.15, 0.2) is 5.11 Å². The quantitative estimate of drug-likeness (QED) is 0.309. The van der Waals surface area contributed by atoms with Crippen molar-refractivity contribution in [2.45, 2.75) is 18.5 Å². The van der Waals surface area contributed by atoms with Crippen molar-refractivity contribution in [2.24, 2.45) is 5.11 Å². The molecule has 0 aromatic carbocycles. The number of azide groups is 1. The van der Waals surface area contributed by atoms with E-state index in [0.29, 0.717) is 6.04 Å². The second kappa shape index (κ2) is 2.25. The Kier molecular flexibility index (Phi) is 1.60. The molecule has 2 atom stereocenters. The molecule has 4 nitrogen and oxygen atoms in total. The average Bonchev–Trinajstić information content (AvgIpc) is 2.47. The van der Waals surface area contributed by atoms with E-state index in [1.165, 1.54) is 0 Å². The minimum absolute atomic E-state index is 0.241. The zero-order valence-corrected chi connectivity index (χ0v) is 5.65. The summed E-state index contributed by atoms with van der Waals surface area (Å²) in [6.45, 7) is 0. The molecule has 1 fully saturated rings. The van der Waals surface area contributed by atoms with Gasteiger partial charge in [0.1, 0.15) is 0 Å². The first-order chi connectivity index (χ1) is 4.25. The van der Waals surface area contributed by atoms with Crippen molar-refractivity contribution in [1.29, 1.82) is 0 Å². The molecule has 50 valence electrons. The molecule has 0 radical (unpaired) electrons. The molecule has 1 saturated carbocycles. The van der Waals surface area contributed by atoms with Gasteiger partial charge in [-0.2, -0.15) is 0 Å². The number of hydrogen-bond donors (Lipinski definition) is 0. The fourth-order valence-corrected chi connectivity index (χ4v) is 0.914. The van der Waals surface area contributed by atoms with Crippen LogP contribution in [0, 0.1) is 0 Å². The van der Waals surface area contributed by atoms with E-state index >= 15 is 0 Å². The van der Waals surface area contributed by atoms with Crippen molar-refractivity contribution in [3.63, 3.8) is 0 Å². The van der Waals surface area contributed by atoms with Gasteiger partial charge in [-0.05, 0) is 26.0 Å². The Balaban J connectivity index is 2.32. The fourth-order valence-electron chi connectivity index (χ4n) is 0.914. The summed E-state index contributed by atoms with van der Waals surface area (Å²) in [7, 11) is 4.00. The highest BCUT2D eigenvalue weighted by atomic mass is 15.2. The Morgan fingerprint density at radius 2 is 2.33 bits per heavy atom. The van der Waals surface area contributed by atoms with Crippen molar-refractivity contribution in [3.8, 4) is 0 Å². The Labute approximate surface area is 54.1 Å². The van der Waals surface area contributed by atoms with Crippen molar-refractivity contribution in [3.05, 3.63) is 10.4 Å². The van der Waals surface area contributed by atoms with Gasteiger partial charge < -0.3 is 4.90 Å². The number of hydrogen-bond acceptors (Lipinski definition) is 2. The van der Waals surface area contributed by atoms with Crippen molar-refractivity contribution in [2.75, 3.05) is 14.1 Å². The van der Waals surface area contributed by atoms with Crippen LogP contribution >= 0.6 is 0 Å². The fraction of sp³-hybridized carbons (Fsp3) is 1.00. The van der Waals surface area contributed by atoms with Gasteiger partial charge in [-0.15, -0.1) is 0 Å². The Hall–Kier alpha value is -0.730. The predicted molar refractivity (Wildman–Crippen MR) is 35.0 cm³/mol. The van der Waals surface area contributed by atoms with E-state index in [1.807, 2.05) is 14.1 Å². The number of likely N-dealkylation sites (N-methyl/N-ethyl adjacent to an activating group) is 1. The molecule has 0 heterocycles. The predicted octanol–water partition coefficient (Wildman–Crippen LogP) is 0.999.